The molecule has 1 saturated heterocycles. The summed E-state index contributed by atoms with van der Waals surface area (Å²) in [5.41, 5.74) is 5.14. The van der Waals surface area contributed by atoms with Gasteiger partial charge in [0.05, 0.1) is 17.8 Å². The third-order valence-corrected chi connectivity index (χ3v) is 5.74. The quantitative estimate of drug-likeness (QED) is 0.601. The van der Waals surface area contributed by atoms with Gasteiger partial charge in [-0.25, -0.2) is 9.97 Å². The number of likely N-dealkylation sites (tertiary alicyclic amines) is 1. The van der Waals surface area contributed by atoms with Crippen LogP contribution in [0.4, 0.5) is 11.6 Å². The van der Waals surface area contributed by atoms with Crippen molar-refractivity contribution in [3.63, 3.8) is 0 Å². The Kier molecular flexibility index (Phi) is 6.52. The first-order valence-electron chi connectivity index (χ1n) is 10.7. The molecule has 2 aromatic carbocycles. The maximum atomic E-state index is 11.7. The molecule has 0 spiro atoms. The molecule has 1 amide bonds. The number of aromatic nitrogens is 2. The average molecular weight is 444 g/mol. The van der Waals surface area contributed by atoms with Gasteiger partial charge in [-0.15, -0.1) is 0 Å². The Morgan fingerprint density at radius 3 is 2.85 bits per heavy atom. The van der Waals surface area contributed by atoms with Gasteiger partial charge in [-0.2, -0.15) is 5.26 Å². The third kappa shape index (κ3) is 5.10. The van der Waals surface area contributed by atoms with Crippen LogP contribution in [-0.2, 0) is 4.79 Å². The maximum Gasteiger partial charge on any atom is 0.248 e. The molecule has 2 heterocycles. The van der Waals surface area contributed by atoms with Gasteiger partial charge in [-0.1, -0.05) is 6.07 Å². The van der Waals surface area contributed by atoms with Crippen LogP contribution in [0.5, 0.6) is 5.75 Å². The number of carbonyl (C=O) groups excluding carboxylic acids is 1. The number of nitrogens with zero attached hydrogens (tertiary/aromatic N) is 4. The average Bonchev–Trinajstić information content (AvgIpc) is 3.30. The van der Waals surface area contributed by atoms with Crippen molar-refractivity contribution in [2.24, 2.45) is 0 Å². The van der Waals surface area contributed by atoms with Gasteiger partial charge in [0.2, 0.25) is 11.9 Å². The number of nitriles is 1. The second kappa shape index (κ2) is 9.67. The maximum absolute atomic E-state index is 11.7. The van der Waals surface area contributed by atoms with E-state index in [1.165, 1.54) is 11.1 Å². The fraction of sp³-hybridized carbons (Fsp3) is 0.280. The molecule has 33 heavy (non-hydrogen) atoms. The van der Waals surface area contributed by atoms with E-state index in [0.29, 0.717) is 42.5 Å². The van der Waals surface area contributed by atoms with E-state index in [0.717, 1.165) is 11.3 Å². The van der Waals surface area contributed by atoms with Gasteiger partial charge in [0.25, 0.3) is 0 Å². The molecule has 1 aliphatic heterocycles. The van der Waals surface area contributed by atoms with Crippen LogP contribution in [0.3, 0.4) is 0 Å². The molecule has 0 radical (unpaired) electrons. The van der Waals surface area contributed by atoms with Crippen LogP contribution >= 0.6 is 0 Å². The Balaban J connectivity index is 1.51. The first kappa shape index (κ1) is 22.2. The van der Waals surface area contributed by atoms with Gasteiger partial charge in [0, 0.05) is 30.4 Å². The molecular weight excluding hydrogens is 418 g/mol. The van der Waals surface area contributed by atoms with E-state index >= 15 is 0 Å². The predicted molar refractivity (Wildman–Crippen MR) is 124 cm³/mol. The van der Waals surface area contributed by atoms with Crippen LogP contribution < -0.4 is 10.1 Å². The summed E-state index contributed by atoms with van der Waals surface area (Å²) >= 11 is 0. The molecule has 8 heteroatoms. The van der Waals surface area contributed by atoms with Crippen molar-refractivity contribution >= 4 is 17.5 Å². The molecule has 1 fully saturated rings. The van der Waals surface area contributed by atoms with Gasteiger partial charge in [0.15, 0.2) is 0 Å². The van der Waals surface area contributed by atoms with Crippen LogP contribution in [0.25, 0.3) is 11.3 Å². The van der Waals surface area contributed by atoms with Crippen molar-refractivity contribution in [2.75, 3.05) is 25.0 Å². The highest BCUT2D eigenvalue weighted by molar-refractivity contribution is 5.77. The lowest BCUT2D eigenvalue weighted by atomic mass is 10.1. The second-order valence-corrected chi connectivity index (χ2v) is 8.04. The molecule has 2 N–H and O–H groups in total. The van der Waals surface area contributed by atoms with Crippen LogP contribution in [0, 0.1) is 25.2 Å². The van der Waals surface area contributed by atoms with Crippen LogP contribution in [0.15, 0.2) is 48.7 Å². The molecule has 1 aromatic heterocycles. The van der Waals surface area contributed by atoms with Crippen LogP contribution in [-0.4, -0.2) is 51.7 Å². The van der Waals surface area contributed by atoms with E-state index < -0.39 is 6.61 Å². The summed E-state index contributed by atoms with van der Waals surface area (Å²) in [5.74, 6) is 0.618. The first-order valence-corrected chi connectivity index (χ1v) is 10.7. The molecule has 4 rings (SSSR count). The fourth-order valence-corrected chi connectivity index (χ4v) is 3.74. The Labute approximate surface area is 192 Å². The highest BCUT2D eigenvalue weighted by atomic mass is 16.5. The molecule has 168 valence electrons. The van der Waals surface area contributed by atoms with Gasteiger partial charge < -0.3 is 20.1 Å². The third-order valence-electron chi connectivity index (χ3n) is 5.74. The number of aliphatic hydroxyl groups is 1. The number of anilines is 2. The minimum atomic E-state index is -0.510. The molecule has 1 atom stereocenters. The zero-order valence-corrected chi connectivity index (χ0v) is 18.6. The second-order valence-electron chi connectivity index (χ2n) is 8.04. The number of aryl methyl sites for hydroxylation is 2. The monoisotopic (exact) mass is 443 g/mol. The Morgan fingerprint density at radius 2 is 2.09 bits per heavy atom. The van der Waals surface area contributed by atoms with Gasteiger partial charge in [-0.3, -0.25) is 4.79 Å². The largest absolute Gasteiger partial charge is 0.487 e. The lowest BCUT2D eigenvalue weighted by molar-refractivity contribution is -0.133. The van der Waals surface area contributed by atoms with Crippen molar-refractivity contribution < 1.29 is 14.6 Å². The lowest BCUT2D eigenvalue weighted by Gasteiger charge is -2.17. The minimum absolute atomic E-state index is 0.216. The molecule has 8 nitrogen and oxygen atoms in total. The summed E-state index contributed by atoms with van der Waals surface area (Å²) in [6.07, 6.45) is 2.11. The molecule has 0 aliphatic carbocycles. The van der Waals surface area contributed by atoms with E-state index in [2.05, 4.69) is 35.2 Å². The number of benzene rings is 2. The highest BCUT2D eigenvalue weighted by Crippen LogP contribution is 2.28. The number of hydrogen-bond acceptors (Lipinski definition) is 7. The van der Waals surface area contributed by atoms with Crippen molar-refractivity contribution in [1.82, 2.24) is 14.9 Å². The van der Waals surface area contributed by atoms with Crippen molar-refractivity contribution in [2.45, 2.75) is 26.4 Å². The summed E-state index contributed by atoms with van der Waals surface area (Å²) in [6.45, 7) is 4.53. The Hall–Kier alpha value is -3.96. The van der Waals surface area contributed by atoms with E-state index in [4.69, 9.17) is 9.84 Å². The van der Waals surface area contributed by atoms with Gasteiger partial charge in [0.1, 0.15) is 24.5 Å². The molecule has 1 aliphatic rings. The zero-order chi connectivity index (χ0) is 23.4. The van der Waals surface area contributed by atoms with Crippen molar-refractivity contribution in [3.8, 4) is 23.1 Å². The number of amides is 1. The molecule has 0 saturated carbocycles. The number of aliphatic hydroxyl groups excluding tert-OH is 1. The molecule has 1 unspecified atom stereocenters. The normalized spacial score (nSPS) is 15.2. The number of hydrogen-bond donors (Lipinski definition) is 2. The summed E-state index contributed by atoms with van der Waals surface area (Å²) in [4.78, 5) is 22.1. The molecular formula is C25H25N5O3. The Bertz CT molecular complexity index is 1220. The highest BCUT2D eigenvalue weighted by Gasteiger charge is 2.27. The van der Waals surface area contributed by atoms with Crippen molar-refractivity contribution in [3.05, 3.63) is 65.4 Å². The fourth-order valence-electron chi connectivity index (χ4n) is 3.74. The van der Waals surface area contributed by atoms with E-state index in [-0.39, 0.29) is 12.0 Å². The van der Waals surface area contributed by atoms with Crippen LogP contribution in [0.2, 0.25) is 0 Å². The summed E-state index contributed by atoms with van der Waals surface area (Å²) in [7, 11) is 0. The predicted octanol–water partition coefficient (Wildman–Crippen LogP) is 3.35. The smallest absolute Gasteiger partial charge is 0.248 e. The molecule has 3 aromatic rings. The molecule has 0 bridgehead atoms. The lowest BCUT2D eigenvalue weighted by Crippen LogP contribution is -2.32. The van der Waals surface area contributed by atoms with Gasteiger partial charge in [-0.05, 0) is 61.4 Å². The summed E-state index contributed by atoms with van der Waals surface area (Å²) in [6, 6.07) is 15.4. The number of carbonyl (C=O) groups is 1. The van der Waals surface area contributed by atoms with E-state index in [1.54, 1.807) is 29.3 Å². The first-order chi connectivity index (χ1) is 16.0. The Morgan fingerprint density at radius 1 is 1.24 bits per heavy atom. The standard InChI is InChI=1S/C25H25N5O3/c1-16-3-5-20(11-17(16)2)28-25-27-9-7-22(29-25)18-4-6-23(19(12-18)13-26)33-21-8-10-30(14-21)24(32)15-31/h3-7,9,11-12,21,31H,8,10,14-15H2,1-2H3,(H,27,28,29). The minimum Gasteiger partial charge on any atom is -0.487 e. The van der Waals surface area contributed by atoms with Gasteiger partial charge >= 0.3 is 0 Å². The number of nitrogens with one attached hydrogen (secondary N) is 1. The SMILES string of the molecule is Cc1ccc(Nc2nccc(-c3ccc(OC4CCN(C(=O)CO)C4)c(C#N)c3)n2)cc1C. The summed E-state index contributed by atoms with van der Waals surface area (Å²) < 4.78 is 5.99. The topological polar surface area (TPSA) is 111 Å². The van der Waals surface area contributed by atoms with Crippen molar-refractivity contribution in [1.29, 1.82) is 5.26 Å². The van der Waals surface area contributed by atoms with E-state index in [1.807, 2.05) is 24.3 Å². The summed E-state index contributed by atoms with van der Waals surface area (Å²) in [5, 5.41) is 21.9. The van der Waals surface area contributed by atoms with Crippen LogP contribution in [0.1, 0.15) is 23.1 Å². The van der Waals surface area contributed by atoms with E-state index in [9.17, 15) is 10.1 Å². The number of ether oxygens (including phenoxy) is 1. The number of rotatable bonds is 6. The zero-order valence-electron chi connectivity index (χ0n) is 18.6.